The summed E-state index contributed by atoms with van der Waals surface area (Å²) in [4.78, 5) is 37.7. The summed E-state index contributed by atoms with van der Waals surface area (Å²) in [5, 5.41) is 0. The summed E-state index contributed by atoms with van der Waals surface area (Å²) in [7, 11) is 0. The Morgan fingerprint density at radius 3 is 1.02 bits per heavy atom. The molecule has 0 aromatic heterocycles. The first-order chi connectivity index (χ1) is 30.5. The SMILES string of the molecule is CC/C=C\C/C=C\C/C=C\C/C=C\C/C=C\CCCCCC(=O)OCC(COC(=O)C/C=C\C/C=C\C/C=C\CC)OC(=O)CCCCC/C=C\C/C=C\C/C=C\C/C=C\CC. The van der Waals surface area contributed by atoms with Crippen LogP contribution in [0, 0.1) is 0 Å². The molecule has 0 heterocycles. The lowest BCUT2D eigenvalue weighted by Crippen LogP contribution is -2.30. The number of carbonyl (C=O) groups excluding carboxylic acids is 3. The summed E-state index contributed by atoms with van der Waals surface area (Å²) >= 11 is 0. The Bertz CT molecular complexity index is 1440. The third-order valence-corrected chi connectivity index (χ3v) is 9.10. The van der Waals surface area contributed by atoms with Gasteiger partial charge in [0.2, 0.25) is 0 Å². The Morgan fingerprint density at radius 1 is 0.339 bits per heavy atom. The number of allylic oxidation sites excluding steroid dienone is 23. The highest BCUT2D eigenvalue weighted by Crippen LogP contribution is 2.10. The number of hydrogen-bond donors (Lipinski definition) is 0. The average Bonchev–Trinajstić information content (AvgIpc) is 3.27. The van der Waals surface area contributed by atoms with Gasteiger partial charge in [-0.15, -0.1) is 0 Å². The van der Waals surface area contributed by atoms with Crippen molar-refractivity contribution < 1.29 is 28.6 Å². The Kier molecular flexibility index (Phi) is 45.2. The maximum atomic E-state index is 12.7. The van der Waals surface area contributed by atoms with Gasteiger partial charge in [-0.1, -0.05) is 179 Å². The minimum absolute atomic E-state index is 0.114. The molecule has 0 aromatic rings. The molecule has 62 heavy (non-hydrogen) atoms. The van der Waals surface area contributed by atoms with Crippen LogP contribution in [0.15, 0.2) is 146 Å². The van der Waals surface area contributed by atoms with Gasteiger partial charge in [0, 0.05) is 12.8 Å². The smallest absolute Gasteiger partial charge is 0.309 e. The second kappa shape index (κ2) is 49.0. The first-order valence-electron chi connectivity index (χ1n) is 23.8. The van der Waals surface area contributed by atoms with E-state index in [0.29, 0.717) is 12.8 Å². The molecule has 0 aliphatic heterocycles. The Labute approximate surface area is 378 Å². The molecular weight excluding hydrogens is 769 g/mol. The lowest BCUT2D eigenvalue weighted by Gasteiger charge is -2.18. The summed E-state index contributed by atoms with van der Waals surface area (Å²) in [6.45, 7) is 6.10. The van der Waals surface area contributed by atoms with Crippen molar-refractivity contribution in [2.24, 2.45) is 0 Å². The summed E-state index contributed by atoms with van der Waals surface area (Å²) in [6, 6.07) is 0. The largest absolute Gasteiger partial charge is 0.462 e. The van der Waals surface area contributed by atoms with Gasteiger partial charge in [-0.3, -0.25) is 14.4 Å². The van der Waals surface area contributed by atoms with E-state index in [9.17, 15) is 14.4 Å². The van der Waals surface area contributed by atoms with E-state index >= 15 is 0 Å². The third-order valence-electron chi connectivity index (χ3n) is 9.10. The molecule has 0 saturated heterocycles. The van der Waals surface area contributed by atoms with Crippen molar-refractivity contribution in [1.29, 1.82) is 0 Å². The van der Waals surface area contributed by atoms with Crippen LogP contribution in [0.5, 0.6) is 0 Å². The predicted molar refractivity (Wildman–Crippen MR) is 265 cm³/mol. The standard InChI is InChI=1S/C56H84O6/c1-4-7-10-13-16-19-21-23-25-27-28-29-31-32-34-37-40-43-46-49-55(58)61-52-53(51-60-54(57)48-45-42-39-36-18-15-12-9-6-3)62-56(59)50-47-44-41-38-35-33-30-26-24-22-20-17-14-11-8-5-2/h7-12,16-20,23-26,28-29,32-36,42,45,53H,4-6,13-15,21-22,27,30-31,37-41,43-44,46-52H2,1-3H3/b10-7-,11-8-,12-9-,19-16-,20-17-,25-23-,26-24-,29-28-,34-32-,35-33-,36-18-,45-42-. The molecule has 0 fully saturated rings. The highest BCUT2D eigenvalue weighted by atomic mass is 16.6. The molecule has 0 N–H and O–H groups in total. The highest BCUT2D eigenvalue weighted by molar-refractivity contribution is 5.72. The molecule has 0 spiro atoms. The molecule has 6 nitrogen and oxygen atoms in total. The van der Waals surface area contributed by atoms with Crippen LogP contribution < -0.4 is 0 Å². The van der Waals surface area contributed by atoms with Crippen LogP contribution >= 0.6 is 0 Å². The molecule has 0 bridgehead atoms. The Balaban J connectivity index is 4.55. The zero-order valence-electron chi connectivity index (χ0n) is 39.1. The van der Waals surface area contributed by atoms with Crippen LogP contribution in [0.3, 0.4) is 0 Å². The van der Waals surface area contributed by atoms with Crippen molar-refractivity contribution in [2.75, 3.05) is 13.2 Å². The molecule has 0 aliphatic rings. The summed E-state index contributed by atoms with van der Waals surface area (Å²) in [5.41, 5.74) is 0. The van der Waals surface area contributed by atoms with Crippen LogP contribution in [0.2, 0.25) is 0 Å². The van der Waals surface area contributed by atoms with Crippen LogP contribution in [0.1, 0.15) is 168 Å². The fraction of sp³-hybridized carbons (Fsp3) is 0.518. The molecule has 0 saturated carbocycles. The Morgan fingerprint density at radius 2 is 0.645 bits per heavy atom. The zero-order chi connectivity index (χ0) is 45.1. The molecule has 0 aliphatic carbocycles. The van der Waals surface area contributed by atoms with Crippen molar-refractivity contribution in [2.45, 2.75) is 175 Å². The lowest BCUT2D eigenvalue weighted by molar-refractivity contribution is -0.166. The molecular formula is C56H84O6. The number of rotatable bonds is 40. The summed E-state index contributed by atoms with van der Waals surface area (Å²) in [5.74, 6) is -1.15. The fourth-order valence-electron chi connectivity index (χ4n) is 5.63. The molecule has 0 rings (SSSR count). The zero-order valence-corrected chi connectivity index (χ0v) is 39.1. The fourth-order valence-corrected chi connectivity index (χ4v) is 5.63. The van der Waals surface area contributed by atoms with Crippen molar-refractivity contribution in [3.63, 3.8) is 0 Å². The van der Waals surface area contributed by atoms with Crippen LogP contribution in [0.4, 0.5) is 0 Å². The number of carbonyl (C=O) groups is 3. The molecule has 0 aromatic carbocycles. The second-order valence-corrected chi connectivity index (χ2v) is 14.9. The summed E-state index contributed by atoms with van der Waals surface area (Å²) < 4.78 is 16.6. The van der Waals surface area contributed by atoms with E-state index in [4.69, 9.17) is 14.2 Å². The summed E-state index contributed by atoms with van der Waals surface area (Å²) in [6.07, 6.45) is 70.1. The minimum atomic E-state index is -0.849. The molecule has 0 radical (unpaired) electrons. The van der Waals surface area contributed by atoms with E-state index in [1.54, 1.807) is 6.08 Å². The predicted octanol–water partition coefficient (Wildman–Crippen LogP) is 15.7. The van der Waals surface area contributed by atoms with E-state index in [1.165, 1.54) is 0 Å². The van der Waals surface area contributed by atoms with Crippen molar-refractivity contribution in [1.82, 2.24) is 0 Å². The van der Waals surface area contributed by atoms with Gasteiger partial charge < -0.3 is 14.2 Å². The minimum Gasteiger partial charge on any atom is -0.462 e. The van der Waals surface area contributed by atoms with E-state index in [-0.39, 0.29) is 38.0 Å². The topological polar surface area (TPSA) is 78.9 Å². The normalized spacial score (nSPS) is 13.4. The van der Waals surface area contributed by atoms with E-state index in [2.05, 4.69) is 154 Å². The van der Waals surface area contributed by atoms with Crippen LogP contribution in [-0.2, 0) is 28.6 Å². The third kappa shape index (κ3) is 46.4. The number of esters is 3. The van der Waals surface area contributed by atoms with Gasteiger partial charge in [0.15, 0.2) is 6.10 Å². The first-order valence-corrected chi connectivity index (χ1v) is 23.8. The maximum absolute atomic E-state index is 12.7. The van der Waals surface area contributed by atoms with Gasteiger partial charge in [0.1, 0.15) is 13.2 Å². The van der Waals surface area contributed by atoms with E-state index < -0.39 is 12.1 Å². The van der Waals surface area contributed by atoms with Gasteiger partial charge in [-0.25, -0.2) is 0 Å². The van der Waals surface area contributed by atoms with Gasteiger partial charge in [0.25, 0.3) is 0 Å². The van der Waals surface area contributed by atoms with Gasteiger partial charge >= 0.3 is 17.9 Å². The molecule has 0 amide bonds. The number of hydrogen-bond acceptors (Lipinski definition) is 6. The van der Waals surface area contributed by atoms with E-state index in [1.807, 2.05) is 6.08 Å². The first kappa shape index (κ1) is 57.3. The van der Waals surface area contributed by atoms with Crippen LogP contribution in [0.25, 0.3) is 0 Å². The van der Waals surface area contributed by atoms with Gasteiger partial charge in [-0.05, 0) is 116 Å². The second-order valence-electron chi connectivity index (χ2n) is 14.9. The average molecular weight is 853 g/mol. The van der Waals surface area contributed by atoms with Crippen molar-refractivity contribution in [3.8, 4) is 0 Å². The number of ether oxygens (including phenoxy) is 3. The van der Waals surface area contributed by atoms with Gasteiger partial charge in [-0.2, -0.15) is 0 Å². The monoisotopic (exact) mass is 853 g/mol. The van der Waals surface area contributed by atoms with Crippen molar-refractivity contribution >= 4 is 17.9 Å². The highest BCUT2D eigenvalue weighted by Gasteiger charge is 2.19. The molecule has 6 heteroatoms. The lowest BCUT2D eigenvalue weighted by atomic mass is 10.1. The maximum Gasteiger partial charge on any atom is 0.309 e. The molecule has 1 unspecified atom stereocenters. The van der Waals surface area contributed by atoms with E-state index in [0.717, 1.165) is 122 Å². The molecule has 344 valence electrons. The quantitative estimate of drug-likeness (QED) is 0.0264. The van der Waals surface area contributed by atoms with Crippen LogP contribution in [-0.4, -0.2) is 37.2 Å². The van der Waals surface area contributed by atoms with Gasteiger partial charge in [0.05, 0.1) is 6.42 Å². The number of unbranched alkanes of at least 4 members (excludes halogenated alkanes) is 6. The molecule has 1 atom stereocenters. The Hall–Kier alpha value is -4.71. The van der Waals surface area contributed by atoms with Crippen molar-refractivity contribution in [3.05, 3.63) is 146 Å².